The molecular weight excluding hydrogens is 396 g/mol. The van der Waals surface area contributed by atoms with Crippen molar-refractivity contribution in [3.05, 3.63) is 76.0 Å². The van der Waals surface area contributed by atoms with E-state index in [1.807, 2.05) is 35.4 Å². The Morgan fingerprint density at radius 3 is 2.48 bits per heavy atom. The predicted molar refractivity (Wildman–Crippen MR) is 117 cm³/mol. The minimum atomic E-state index is -0.722. The number of nitrogens with zero attached hydrogens (tertiary/aromatic N) is 2. The van der Waals surface area contributed by atoms with Crippen LogP contribution in [0.5, 0.6) is 0 Å². The van der Waals surface area contributed by atoms with Crippen molar-refractivity contribution >= 4 is 28.4 Å². The highest BCUT2D eigenvalue weighted by Gasteiger charge is 2.28. The van der Waals surface area contributed by atoms with Gasteiger partial charge < -0.3 is 15.2 Å². The summed E-state index contributed by atoms with van der Waals surface area (Å²) >= 11 is 0. The number of fused-ring (bicyclic) bond motifs is 1. The molecule has 0 aliphatic carbocycles. The zero-order valence-electron chi connectivity index (χ0n) is 17.0. The van der Waals surface area contributed by atoms with Crippen molar-refractivity contribution in [2.45, 2.75) is 31.7 Å². The number of aromatic amines is 1. The van der Waals surface area contributed by atoms with Crippen molar-refractivity contribution in [1.29, 1.82) is 0 Å². The van der Waals surface area contributed by atoms with Crippen LogP contribution in [0.25, 0.3) is 10.9 Å². The van der Waals surface area contributed by atoms with E-state index in [4.69, 9.17) is 0 Å². The fourth-order valence-electron chi connectivity index (χ4n) is 4.03. The van der Waals surface area contributed by atoms with Crippen LogP contribution in [0.4, 0.5) is 5.69 Å². The molecule has 8 nitrogen and oxygen atoms in total. The maximum Gasteiger partial charge on any atom is 0.269 e. The lowest BCUT2D eigenvalue weighted by molar-refractivity contribution is -0.384. The van der Waals surface area contributed by atoms with E-state index < -0.39 is 16.9 Å². The summed E-state index contributed by atoms with van der Waals surface area (Å²) in [5.41, 5.74) is 2.12. The van der Waals surface area contributed by atoms with E-state index in [1.54, 1.807) is 0 Å². The van der Waals surface area contributed by atoms with Gasteiger partial charge in [0.25, 0.3) is 11.6 Å². The number of aromatic nitrogens is 1. The van der Waals surface area contributed by atoms with E-state index in [9.17, 15) is 19.7 Å². The highest BCUT2D eigenvalue weighted by atomic mass is 16.6. The molecule has 160 valence electrons. The zero-order chi connectivity index (χ0) is 21.8. The van der Waals surface area contributed by atoms with Crippen LogP contribution in [0, 0.1) is 10.1 Å². The number of nitro benzene ring substituents is 1. The first-order valence-corrected chi connectivity index (χ1v) is 10.4. The molecule has 3 aromatic rings. The molecule has 1 atom stereocenters. The van der Waals surface area contributed by atoms with Crippen LogP contribution in [0.15, 0.2) is 54.7 Å². The normalized spacial score (nSPS) is 14.9. The van der Waals surface area contributed by atoms with Gasteiger partial charge in [-0.15, -0.1) is 0 Å². The van der Waals surface area contributed by atoms with Crippen LogP contribution in [0.3, 0.4) is 0 Å². The van der Waals surface area contributed by atoms with Crippen molar-refractivity contribution in [2.24, 2.45) is 0 Å². The first-order chi connectivity index (χ1) is 15.0. The third kappa shape index (κ3) is 4.58. The van der Waals surface area contributed by atoms with E-state index in [-0.39, 0.29) is 17.2 Å². The number of hydrogen-bond acceptors (Lipinski definition) is 4. The molecule has 0 bridgehead atoms. The molecule has 2 aromatic carbocycles. The van der Waals surface area contributed by atoms with Gasteiger partial charge in [-0.3, -0.25) is 19.7 Å². The summed E-state index contributed by atoms with van der Waals surface area (Å²) in [7, 11) is 0. The quantitative estimate of drug-likeness (QED) is 0.470. The average molecular weight is 420 g/mol. The van der Waals surface area contributed by atoms with Crippen molar-refractivity contribution < 1.29 is 14.5 Å². The third-order valence-corrected chi connectivity index (χ3v) is 5.71. The van der Waals surface area contributed by atoms with Gasteiger partial charge in [-0.05, 0) is 43.0 Å². The number of piperidine rings is 1. The van der Waals surface area contributed by atoms with E-state index in [0.29, 0.717) is 19.5 Å². The summed E-state index contributed by atoms with van der Waals surface area (Å²) < 4.78 is 0. The van der Waals surface area contributed by atoms with Gasteiger partial charge in [0.1, 0.15) is 6.04 Å². The second-order valence-electron chi connectivity index (χ2n) is 7.78. The first kappa shape index (κ1) is 20.6. The number of carbonyl (C=O) groups is 2. The number of rotatable bonds is 6. The summed E-state index contributed by atoms with van der Waals surface area (Å²) in [6.45, 7) is 1.38. The molecule has 31 heavy (non-hydrogen) atoms. The smallest absolute Gasteiger partial charge is 0.269 e. The Kier molecular flexibility index (Phi) is 5.97. The molecule has 1 unspecified atom stereocenters. The maximum atomic E-state index is 13.3. The Bertz CT molecular complexity index is 1100. The molecule has 1 aliphatic heterocycles. The van der Waals surface area contributed by atoms with Crippen LogP contribution in [0.2, 0.25) is 0 Å². The van der Waals surface area contributed by atoms with Crippen LogP contribution in [-0.4, -0.2) is 45.8 Å². The second kappa shape index (κ2) is 8.99. The SMILES string of the molecule is O=C(NC(Cc1c[nH]c2ccccc12)C(=O)N1CCCCC1)c1ccc([N+](=O)[O-])cc1. The minimum Gasteiger partial charge on any atom is -0.361 e. The van der Waals surface area contributed by atoms with Crippen molar-refractivity contribution in [2.75, 3.05) is 13.1 Å². The number of non-ortho nitro benzene ring substituents is 1. The Balaban J connectivity index is 1.57. The zero-order valence-corrected chi connectivity index (χ0v) is 17.0. The molecule has 1 aromatic heterocycles. The van der Waals surface area contributed by atoms with Gasteiger partial charge in [-0.25, -0.2) is 0 Å². The molecule has 4 rings (SSSR count). The molecule has 8 heteroatoms. The fraction of sp³-hybridized carbons (Fsp3) is 0.304. The van der Waals surface area contributed by atoms with Gasteiger partial charge in [0.05, 0.1) is 4.92 Å². The maximum absolute atomic E-state index is 13.3. The Hall–Kier alpha value is -3.68. The van der Waals surface area contributed by atoms with Gasteiger partial charge in [-0.1, -0.05) is 18.2 Å². The molecule has 0 radical (unpaired) electrons. The Morgan fingerprint density at radius 1 is 1.06 bits per heavy atom. The molecule has 0 saturated carbocycles. The molecular formula is C23H24N4O4. The number of amides is 2. The monoisotopic (exact) mass is 420 g/mol. The number of para-hydroxylation sites is 1. The summed E-state index contributed by atoms with van der Waals surface area (Å²) in [5.74, 6) is -0.523. The minimum absolute atomic E-state index is 0.0868. The first-order valence-electron chi connectivity index (χ1n) is 10.4. The number of nitrogens with one attached hydrogen (secondary N) is 2. The highest BCUT2D eigenvalue weighted by Crippen LogP contribution is 2.21. The van der Waals surface area contributed by atoms with Gasteiger partial charge in [0, 0.05) is 54.3 Å². The lowest BCUT2D eigenvalue weighted by Gasteiger charge is -2.30. The summed E-state index contributed by atoms with van der Waals surface area (Å²) in [4.78, 5) is 41.5. The number of nitro groups is 1. The van der Waals surface area contributed by atoms with Gasteiger partial charge in [0.2, 0.25) is 5.91 Å². The third-order valence-electron chi connectivity index (χ3n) is 5.71. The van der Waals surface area contributed by atoms with Crippen molar-refractivity contribution in [3.8, 4) is 0 Å². The van der Waals surface area contributed by atoms with Crippen molar-refractivity contribution in [1.82, 2.24) is 15.2 Å². The summed E-state index contributed by atoms with van der Waals surface area (Å²) in [6.07, 6.45) is 5.26. The van der Waals surface area contributed by atoms with E-state index >= 15 is 0 Å². The molecule has 1 aliphatic rings. The molecule has 1 fully saturated rings. The average Bonchev–Trinajstić information content (AvgIpc) is 3.21. The van der Waals surface area contributed by atoms with Crippen molar-refractivity contribution in [3.63, 3.8) is 0 Å². The number of benzene rings is 2. The molecule has 0 spiro atoms. The van der Waals surface area contributed by atoms with Gasteiger partial charge >= 0.3 is 0 Å². The van der Waals surface area contributed by atoms with Crippen LogP contribution in [0.1, 0.15) is 35.2 Å². The Labute approximate surface area is 179 Å². The second-order valence-corrected chi connectivity index (χ2v) is 7.78. The van der Waals surface area contributed by atoms with Crippen LogP contribution in [-0.2, 0) is 11.2 Å². The highest BCUT2D eigenvalue weighted by molar-refractivity contribution is 5.98. The predicted octanol–water partition coefficient (Wildman–Crippen LogP) is 3.43. The Morgan fingerprint density at radius 2 is 1.77 bits per heavy atom. The fourth-order valence-corrected chi connectivity index (χ4v) is 4.03. The topological polar surface area (TPSA) is 108 Å². The number of hydrogen-bond donors (Lipinski definition) is 2. The van der Waals surface area contributed by atoms with E-state index in [2.05, 4.69) is 10.3 Å². The van der Waals surface area contributed by atoms with Gasteiger partial charge in [-0.2, -0.15) is 0 Å². The lowest BCUT2D eigenvalue weighted by atomic mass is 10.0. The molecule has 2 N–H and O–H groups in total. The lowest BCUT2D eigenvalue weighted by Crippen LogP contribution is -2.51. The summed E-state index contributed by atoms with van der Waals surface area (Å²) in [6, 6.07) is 12.5. The molecule has 2 heterocycles. The number of likely N-dealkylation sites (tertiary alicyclic amines) is 1. The molecule has 2 amide bonds. The summed E-state index contributed by atoms with van der Waals surface area (Å²) in [5, 5.41) is 14.7. The van der Waals surface area contributed by atoms with Gasteiger partial charge in [0.15, 0.2) is 0 Å². The molecule has 1 saturated heterocycles. The largest absolute Gasteiger partial charge is 0.361 e. The van der Waals surface area contributed by atoms with Crippen LogP contribution < -0.4 is 5.32 Å². The van der Waals surface area contributed by atoms with Crippen LogP contribution >= 0.6 is 0 Å². The van der Waals surface area contributed by atoms with E-state index in [0.717, 1.165) is 35.7 Å². The standard InChI is InChI=1S/C23H24N4O4/c28-22(16-8-10-18(11-9-16)27(30)31)25-21(23(29)26-12-4-1-5-13-26)14-17-15-24-20-7-3-2-6-19(17)20/h2-3,6-11,15,21,24H,1,4-5,12-14H2,(H,25,28). The number of carbonyl (C=O) groups excluding carboxylic acids is 2. The number of H-pyrrole nitrogens is 1. The van der Waals surface area contributed by atoms with E-state index in [1.165, 1.54) is 24.3 Å².